The van der Waals surface area contributed by atoms with Gasteiger partial charge in [0.1, 0.15) is 13.2 Å². The fourth-order valence-corrected chi connectivity index (χ4v) is 8.49. The van der Waals surface area contributed by atoms with Gasteiger partial charge in [0.25, 0.3) is 0 Å². The van der Waals surface area contributed by atoms with Crippen molar-refractivity contribution in [3.05, 3.63) is 48.6 Å². The molecule has 0 fully saturated rings. The van der Waals surface area contributed by atoms with Crippen LogP contribution in [-0.4, -0.2) is 37.2 Å². The summed E-state index contributed by atoms with van der Waals surface area (Å²) in [5.41, 5.74) is 0. The van der Waals surface area contributed by atoms with Crippen molar-refractivity contribution in [3.63, 3.8) is 0 Å². The van der Waals surface area contributed by atoms with Crippen LogP contribution in [0.1, 0.15) is 303 Å². The number of rotatable bonds is 53. The van der Waals surface area contributed by atoms with Crippen molar-refractivity contribution in [3.8, 4) is 0 Å². The SMILES string of the molecule is CC/C=C\C/C=C\C/C=C\C/C=C\CCCCCCC(=O)O[C@@H](COC(=O)CCCCCCCCCCCCCCCCC)COC(=O)CCCCCCCCCCCCCCCCCCC. The Hall–Kier alpha value is -2.63. The fraction of sp³-hybridized carbons (Fsp3) is 0.820. The fourth-order valence-electron chi connectivity index (χ4n) is 8.49. The van der Waals surface area contributed by atoms with E-state index in [4.69, 9.17) is 14.2 Å². The highest BCUT2D eigenvalue weighted by molar-refractivity contribution is 5.71. The maximum Gasteiger partial charge on any atom is 0.306 e. The molecule has 0 aliphatic carbocycles. The molecule has 0 aromatic carbocycles. The lowest BCUT2D eigenvalue weighted by Gasteiger charge is -2.18. The molecular formula is C61H110O6. The Morgan fingerprint density at radius 1 is 0.313 bits per heavy atom. The van der Waals surface area contributed by atoms with Gasteiger partial charge in [0.15, 0.2) is 6.10 Å². The lowest BCUT2D eigenvalue weighted by Crippen LogP contribution is -2.30. The number of carbonyl (C=O) groups excluding carboxylic acids is 3. The van der Waals surface area contributed by atoms with Crippen LogP contribution >= 0.6 is 0 Å². The van der Waals surface area contributed by atoms with Crippen molar-refractivity contribution in [2.24, 2.45) is 0 Å². The van der Waals surface area contributed by atoms with Gasteiger partial charge in [0, 0.05) is 19.3 Å². The Morgan fingerprint density at radius 2 is 0.582 bits per heavy atom. The van der Waals surface area contributed by atoms with Crippen molar-refractivity contribution in [2.45, 2.75) is 309 Å². The molecule has 0 amide bonds. The maximum absolute atomic E-state index is 12.8. The summed E-state index contributed by atoms with van der Waals surface area (Å²) in [6, 6.07) is 0. The zero-order valence-electron chi connectivity index (χ0n) is 44.7. The summed E-state index contributed by atoms with van der Waals surface area (Å²) < 4.78 is 16.9. The summed E-state index contributed by atoms with van der Waals surface area (Å²) in [6.45, 7) is 6.55. The minimum atomic E-state index is -0.782. The van der Waals surface area contributed by atoms with Crippen LogP contribution < -0.4 is 0 Å². The molecule has 0 saturated heterocycles. The number of carbonyl (C=O) groups is 3. The molecule has 0 aliphatic heterocycles. The predicted octanol–water partition coefficient (Wildman–Crippen LogP) is 19.4. The highest BCUT2D eigenvalue weighted by atomic mass is 16.6. The van der Waals surface area contributed by atoms with E-state index in [0.29, 0.717) is 19.3 Å². The van der Waals surface area contributed by atoms with Gasteiger partial charge in [-0.2, -0.15) is 0 Å². The maximum atomic E-state index is 12.8. The van der Waals surface area contributed by atoms with Gasteiger partial charge in [-0.1, -0.05) is 275 Å². The van der Waals surface area contributed by atoms with E-state index < -0.39 is 6.10 Å². The predicted molar refractivity (Wildman–Crippen MR) is 289 cm³/mol. The third kappa shape index (κ3) is 54.2. The van der Waals surface area contributed by atoms with Crippen LogP contribution in [0.5, 0.6) is 0 Å². The zero-order valence-corrected chi connectivity index (χ0v) is 44.7. The molecule has 1 atom stereocenters. The van der Waals surface area contributed by atoms with Crippen molar-refractivity contribution in [1.82, 2.24) is 0 Å². The molecular weight excluding hydrogens is 829 g/mol. The smallest absolute Gasteiger partial charge is 0.306 e. The van der Waals surface area contributed by atoms with Crippen LogP contribution in [0.15, 0.2) is 48.6 Å². The van der Waals surface area contributed by atoms with E-state index in [1.165, 1.54) is 167 Å². The third-order valence-corrected chi connectivity index (χ3v) is 12.8. The molecule has 0 rings (SSSR count). The minimum Gasteiger partial charge on any atom is -0.462 e. The van der Waals surface area contributed by atoms with Gasteiger partial charge in [0.2, 0.25) is 0 Å². The number of ether oxygens (including phenoxy) is 3. The standard InChI is InChI=1S/C61H110O6/c1-4-7-10-13-16-19-22-25-28-30-33-36-39-42-45-48-51-54-60(63)66-57-58(56-65-59(62)53-50-47-44-41-38-35-32-27-24-21-18-15-12-9-6-3)67-61(64)55-52-49-46-43-40-37-34-31-29-26-23-20-17-14-11-8-5-2/h8,11,17,20,26,29,34,37,58H,4-7,9-10,12-16,18-19,21-25,27-28,30-33,35-36,38-57H2,1-3H3/b11-8-,20-17-,29-26-,37-34-/t58-/m0/s1. The summed E-state index contributed by atoms with van der Waals surface area (Å²) in [6.07, 6.45) is 68.1. The van der Waals surface area contributed by atoms with Crippen molar-refractivity contribution >= 4 is 17.9 Å². The van der Waals surface area contributed by atoms with Gasteiger partial charge < -0.3 is 14.2 Å². The molecule has 6 nitrogen and oxygen atoms in total. The molecule has 0 aromatic heterocycles. The van der Waals surface area contributed by atoms with Crippen LogP contribution in [0.2, 0.25) is 0 Å². The molecule has 6 heteroatoms. The Bertz CT molecular complexity index is 1170. The van der Waals surface area contributed by atoms with Crippen molar-refractivity contribution in [1.29, 1.82) is 0 Å². The Kier molecular flexibility index (Phi) is 53.8. The van der Waals surface area contributed by atoms with E-state index in [9.17, 15) is 14.4 Å². The average molecular weight is 940 g/mol. The quantitative estimate of drug-likeness (QED) is 0.0262. The van der Waals surface area contributed by atoms with Crippen LogP contribution in [0, 0.1) is 0 Å². The first-order chi connectivity index (χ1) is 33.0. The minimum absolute atomic E-state index is 0.0787. The summed E-state index contributed by atoms with van der Waals surface area (Å²) in [5, 5.41) is 0. The first kappa shape index (κ1) is 64.4. The van der Waals surface area contributed by atoms with E-state index in [-0.39, 0.29) is 31.1 Å². The Balaban J connectivity index is 4.38. The highest BCUT2D eigenvalue weighted by Gasteiger charge is 2.19. The lowest BCUT2D eigenvalue weighted by molar-refractivity contribution is -0.167. The molecule has 0 radical (unpaired) electrons. The number of allylic oxidation sites excluding steroid dienone is 8. The van der Waals surface area contributed by atoms with Crippen LogP contribution in [0.4, 0.5) is 0 Å². The molecule has 0 N–H and O–H groups in total. The second-order valence-electron chi connectivity index (χ2n) is 19.5. The summed E-state index contributed by atoms with van der Waals surface area (Å²) in [7, 11) is 0. The summed E-state index contributed by atoms with van der Waals surface area (Å²) >= 11 is 0. The van der Waals surface area contributed by atoms with Gasteiger partial charge in [-0.05, 0) is 57.8 Å². The van der Waals surface area contributed by atoms with Gasteiger partial charge in [0.05, 0.1) is 0 Å². The first-order valence-corrected chi connectivity index (χ1v) is 29.1. The monoisotopic (exact) mass is 939 g/mol. The van der Waals surface area contributed by atoms with Crippen LogP contribution in [-0.2, 0) is 28.6 Å². The second kappa shape index (κ2) is 56.0. The lowest BCUT2D eigenvalue weighted by atomic mass is 10.0. The van der Waals surface area contributed by atoms with E-state index >= 15 is 0 Å². The van der Waals surface area contributed by atoms with Crippen LogP contribution in [0.25, 0.3) is 0 Å². The number of unbranched alkanes of at least 4 members (excludes halogenated alkanes) is 34. The average Bonchev–Trinajstić information content (AvgIpc) is 3.33. The van der Waals surface area contributed by atoms with Gasteiger partial charge >= 0.3 is 17.9 Å². The number of hydrogen-bond donors (Lipinski definition) is 0. The van der Waals surface area contributed by atoms with E-state index in [2.05, 4.69) is 69.4 Å². The molecule has 67 heavy (non-hydrogen) atoms. The molecule has 0 aromatic rings. The molecule has 0 heterocycles. The zero-order chi connectivity index (χ0) is 48.6. The number of esters is 3. The van der Waals surface area contributed by atoms with E-state index in [1.807, 2.05) is 0 Å². The first-order valence-electron chi connectivity index (χ1n) is 29.1. The van der Waals surface area contributed by atoms with Crippen LogP contribution in [0.3, 0.4) is 0 Å². The molecule has 0 saturated carbocycles. The van der Waals surface area contributed by atoms with Gasteiger partial charge in [-0.15, -0.1) is 0 Å². The van der Waals surface area contributed by atoms with Crippen molar-refractivity contribution in [2.75, 3.05) is 13.2 Å². The summed E-state index contributed by atoms with van der Waals surface area (Å²) in [4.78, 5) is 38.2. The van der Waals surface area contributed by atoms with Gasteiger partial charge in [-0.3, -0.25) is 14.4 Å². The molecule has 0 spiro atoms. The number of hydrogen-bond acceptors (Lipinski definition) is 6. The molecule has 390 valence electrons. The van der Waals surface area contributed by atoms with Gasteiger partial charge in [-0.25, -0.2) is 0 Å². The highest BCUT2D eigenvalue weighted by Crippen LogP contribution is 2.17. The Labute approximate surface area is 416 Å². The molecule has 0 bridgehead atoms. The largest absolute Gasteiger partial charge is 0.462 e. The molecule has 0 aliphatic rings. The van der Waals surface area contributed by atoms with Crippen molar-refractivity contribution < 1.29 is 28.6 Å². The topological polar surface area (TPSA) is 78.9 Å². The Morgan fingerprint density at radius 3 is 0.910 bits per heavy atom. The summed E-state index contributed by atoms with van der Waals surface area (Å²) in [5.74, 6) is -0.884. The normalized spacial score (nSPS) is 12.3. The third-order valence-electron chi connectivity index (χ3n) is 12.8. The second-order valence-corrected chi connectivity index (χ2v) is 19.5. The van der Waals surface area contributed by atoms with E-state index in [1.54, 1.807) is 0 Å². The molecule has 0 unspecified atom stereocenters. The van der Waals surface area contributed by atoms with E-state index in [0.717, 1.165) is 96.3 Å².